The molecule has 2 rings (SSSR count). The molecule has 0 N–H and O–H groups in total. The van der Waals surface area contributed by atoms with Crippen molar-refractivity contribution in [3.8, 4) is 0 Å². The second kappa shape index (κ2) is 1.99. The Morgan fingerprint density at radius 2 is 1.70 bits per heavy atom. The first-order valence-electron chi connectivity index (χ1n) is 4.73. The summed E-state index contributed by atoms with van der Waals surface area (Å²) < 4.78 is 0. The van der Waals surface area contributed by atoms with Gasteiger partial charge in [0.15, 0.2) is 0 Å². The SMILES string of the molecule is CC1CC1(C)C1CCCC1. The van der Waals surface area contributed by atoms with Gasteiger partial charge in [-0.2, -0.15) is 0 Å². The van der Waals surface area contributed by atoms with Gasteiger partial charge >= 0.3 is 0 Å². The molecule has 2 atom stereocenters. The largest absolute Gasteiger partial charge is 0.0620 e. The van der Waals surface area contributed by atoms with Gasteiger partial charge in [-0.3, -0.25) is 0 Å². The first-order valence-corrected chi connectivity index (χ1v) is 4.73. The zero-order valence-corrected chi connectivity index (χ0v) is 7.19. The fourth-order valence-electron chi connectivity index (χ4n) is 2.76. The van der Waals surface area contributed by atoms with Gasteiger partial charge in [0.2, 0.25) is 0 Å². The van der Waals surface area contributed by atoms with E-state index in [1.807, 2.05) is 0 Å². The second-order valence-corrected chi connectivity index (χ2v) is 4.59. The third kappa shape index (κ3) is 0.810. The molecule has 2 aliphatic rings. The Bertz CT molecular complexity index is 133. The molecule has 0 aromatic carbocycles. The van der Waals surface area contributed by atoms with Crippen molar-refractivity contribution in [2.45, 2.75) is 46.0 Å². The van der Waals surface area contributed by atoms with Crippen LogP contribution in [0.1, 0.15) is 46.0 Å². The first kappa shape index (κ1) is 6.69. The average Bonchev–Trinajstić information content (AvgIpc) is 2.35. The van der Waals surface area contributed by atoms with Crippen LogP contribution in [0.4, 0.5) is 0 Å². The Morgan fingerprint density at radius 1 is 1.20 bits per heavy atom. The van der Waals surface area contributed by atoms with Crippen LogP contribution >= 0.6 is 0 Å². The Morgan fingerprint density at radius 3 is 2.10 bits per heavy atom. The van der Waals surface area contributed by atoms with E-state index in [2.05, 4.69) is 13.8 Å². The molecule has 0 nitrogen and oxygen atoms in total. The van der Waals surface area contributed by atoms with Crippen molar-refractivity contribution in [2.75, 3.05) is 0 Å². The van der Waals surface area contributed by atoms with E-state index in [0.717, 1.165) is 17.3 Å². The fraction of sp³-hybridized carbons (Fsp3) is 1.00. The molecule has 2 aliphatic carbocycles. The quantitative estimate of drug-likeness (QED) is 0.522. The minimum absolute atomic E-state index is 0.788. The summed E-state index contributed by atoms with van der Waals surface area (Å²) in [6, 6.07) is 0. The van der Waals surface area contributed by atoms with Gasteiger partial charge in [0.1, 0.15) is 0 Å². The molecule has 0 aliphatic heterocycles. The fourth-order valence-corrected chi connectivity index (χ4v) is 2.76. The highest BCUT2D eigenvalue weighted by molar-refractivity contribution is 5.01. The van der Waals surface area contributed by atoms with Gasteiger partial charge in [0.05, 0.1) is 0 Å². The Hall–Kier alpha value is 0. The molecule has 2 unspecified atom stereocenters. The monoisotopic (exact) mass is 138 g/mol. The Balaban J connectivity index is 1.99. The molecular formula is C10H18. The van der Waals surface area contributed by atoms with Gasteiger partial charge in [0.25, 0.3) is 0 Å². The van der Waals surface area contributed by atoms with Crippen molar-refractivity contribution in [2.24, 2.45) is 17.3 Å². The number of rotatable bonds is 1. The highest BCUT2D eigenvalue weighted by atomic mass is 14.6. The van der Waals surface area contributed by atoms with E-state index in [0.29, 0.717) is 0 Å². The molecule has 58 valence electrons. The third-order valence-electron chi connectivity index (χ3n) is 4.00. The summed E-state index contributed by atoms with van der Waals surface area (Å²) in [4.78, 5) is 0. The molecule has 0 saturated heterocycles. The van der Waals surface area contributed by atoms with Crippen LogP contribution in [0, 0.1) is 17.3 Å². The van der Waals surface area contributed by atoms with Crippen LogP contribution in [0.25, 0.3) is 0 Å². The van der Waals surface area contributed by atoms with Crippen molar-refractivity contribution < 1.29 is 0 Å². The van der Waals surface area contributed by atoms with Crippen molar-refractivity contribution in [3.05, 3.63) is 0 Å². The molecule has 0 spiro atoms. The van der Waals surface area contributed by atoms with Crippen LogP contribution in [0.5, 0.6) is 0 Å². The predicted molar refractivity (Wildman–Crippen MR) is 43.8 cm³/mol. The number of hydrogen-bond donors (Lipinski definition) is 0. The highest BCUT2D eigenvalue weighted by Gasteiger charge is 2.52. The van der Waals surface area contributed by atoms with Crippen LogP contribution < -0.4 is 0 Å². The molecule has 0 aromatic rings. The lowest BCUT2D eigenvalue weighted by Crippen LogP contribution is -2.09. The van der Waals surface area contributed by atoms with E-state index in [9.17, 15) is 0 Å². The minimum Gasteiger partial charge on any atom is -0.0620 e. The first-order chi connectivity index (χ1) is 4.73. The van der Waals surface area contributed by atoms with E-state index < -0.39 is 0 Å². The summed E-state index contributed by atoms with van der Waals surface area (Å²) in [5.74, 6) is 2.14. The van der Waals surface area contributed by atoms with Crippen molar-refractivity contribution in [1.29, 1.82) is 0 Å². The summed E-state index contributed by atoms with van der Waals surface area (Å²) >= 11 is 0. The van der Waals surface area contributed by atoms with Crippen LogP contribution in [0.3, 0.4) is 0 Å². The zero-order chi connectivity index (χ0) is 7.19. The van der Waals surface area contributed by atoms with E-state index >= 15 is 0 Å². The normalized spacial score (nSPS) is 48.0. The number of hydrogen-bond acceptors (Lipinski definition) is 0. The van der Waals surface area contributed by atoms with E-state index in [-0.39, 0.29) is 0 Å². The van der Waals surface area contributed by atoms with E-state index in [1.54, 1.807) is 0 Å². The molecule has 0 radical (unpaired) electrons. The third-order valence-corrected chi connectivity index (χ3v) is 4.00. The summed E-state index contributed by atoms with van der Waals surface area (Å²) in [6.07, 6.45) is 7.58. The zero-order valence-electron chi connectivity index (χ0n) is 7.19. The summed E-state index contributed by atoms with van der Waals surface area (Å²) in [5, 5.41) is 0. The molecule has 0 heteroatoms. The van der Waals surface area contributed by atoms with Gasteiger partial charge in [0, 0.05) is 0 Å². The van der Waals surface area contributed by atoms with Gasteiger partial charge in [-0.1, -0.05) is 26.7 Å². The van der Waals surface area contributed by atoms with Gasteiger partial charge < -0.3 is 0 Å². The maximum Gasteiger partial charge on any atom is -0.0269 e. The van der Waals surface area contributed by atoms with Crippen LogP contribution in [-0.4, -0.2) is 0 Å². The van der Waals surface area contributed by atoms with Gasteiger partial charge in [-0.05, 0) is 36.5 Å². The maximum absolute atomic E-state index is 2.49. The molecule has 0 bridgehead atoms. The molecule has 0 aromatic heterocycles. The Kier molecular flexibility index (Phi) is 1.33. The maximum atomic E-state index is 2.49. The molecule has 10 heavy (non-hydrogen) atoms. The summed E-state index contributed by atoms with van der Waals surface area (Å²) in [6.45, 7) is 4.91. The molecule has 0 amide bonds. The smallest absolute Gasteiger partial charge is 0.0269 e. The lowest BCUT2D eigenvalue weighted by molar-refractivity contribution is 0.319. The highest BCUT2D eigenvalue weighted by Crippen LogP contribution is 2.61. The molecule has 2 saturated carbocycles. The predicted octanol–water partition coefficient (Wildman–Crippen LogP) is 3.22. The van der Waals surface area contributed by atoms with Gasteiger partial charge in [-0.15, -0.1) is 0 Å². The molecule has 2 fully saturated rings. The van der Waals surface area contributed by atoms with Gasteiger partial charge in [-0.25, -0.2) is 0 Å². The van der Waals surface area contributed by atoms with Crippen molar-refractivity contribution in [3.63, 3.8) is 0 Å². The minimum atomic E-state index is 0.788. The van der Waals surface area contributed by atoms with Crippen LogP contribution in [0.2, 0.25) is 0 Å². The average molecular weight is 138 g/mol. The molecule has 0 heterocycles. The van der Waals surface area contributed by atoms with Crippen molar-refractivity contribution in [1.82, 2.24) is 0 Å². The standard InChI is InChI=1S/C10H18/c1-8-7-10(8,2)9-5-3-4-6-9/h8-9H,3-7H2,1-2H3. The lowest BCUT2D eigenvalue weighted by atomic mass is 9.88. The van der Waals surface area contributed by atoms with Crippen LogP contribution in [0.15, 0.2) is 0 Å². The van der Waals surface area contributed by atoms with E-state index in [1.165, 1.54) is 32.1 Å². The van der Waals surface area contributed by atoms with E-state index in [4.69, 9.17) is 0 Å². The molecular weight excluding hydrogens is 120 g/mol. The second-order valence-electron chi connectivity index (χ2n) is 4.59. The Labute approximate surface area is 64.0 Å². The lowest BCUT2D eigenvalue weighted by Gasteiger charge is -2.17. The summed E-state index contributed by atoms with van der Waals surface area (Å²) in [5.41, 5.74) is 0.788. The van der Waals surface area contributed by atoms with Crippen LogP contribution in [-0.2, 0) is 0 Å². The summed E-state index contributed by atoms with van der Waals surface area (Å²) in [7, 11) is 0. The van der Waals surface area contributed by atoms with Crippen molar-refractivity contribution >= 4 is 0 Å². The topological polar surface area (TPSA) is 0 Å².